The van der Waals surface area contributed by atoms with Crippen molar-refractivity contribution in [3.05, 3.63) is 83.9 Å². The van der Waals surface area contributed by atoms with Gasteiger partial charge in [0.25, 0.3) is 11.8 Å². The van der Waals surface area contributed by atoms with Crippen LogP contribution in [0.4, 0.5) is 11.4 Å². The lowest BCUT2D eigenvalue weighted by Gasteiger charge is -2.32. The highest BCUT2D eigenvalue weighted by Crippen LogP contribution is 2.29. The molecule has 0 aliphatic carbocycles. The number of hydrogen-bond donors (Lipinski definition) is 1. The normalized spacial score (nSPS) is 13.0. The molecule has 3 aromatic rings. The van der Waals surface area contributed by atoms with Crippen molar-refractivity contribution in [2.24, 2.45) is 0 Å². The van der Waals surface area contributed by atoms with E-state index in [-0.39, 0.29) is 36.3 Å². The van der Waals surface area contributed by atoms with Crippen LogP contribution in [0.5, 0.6) is 11.5 Å². The highest BCUT2D eigenvalue weighted by atomic mass is 16.6. The summed E-state index contributed by atoms with van der Waals surface area (Å²) in [6.45, 7) is 5.56. The highest BCUT2D eigenvalue weighted by Gasteiger charge is 2.20. The summed E-state index contributed by atoms with van der Waals surface area (Å²) in [7, 11) is 3.77. The number of unbranched alkanes of at least 4 members (excludes halogenated alkanes) is 2. The zero-order valence-corrected chi connectivity index (χ0v) is 27.4. The minimum atomic E-state index is -0.525. The smallest absolute Gasteiger partial charge is 0.344 e. The third kappa shape index (κ3) is 10.3. The summed E-state index contributed by atoms with van der Waals surface area (Å²) < 4.78 is 16.4. The number of rotatable bonds is 15. The van der Waals surface area contributed by atoms with Crippen molar-refractivity contribution in [2.45, 2.75) is 32.6 Å². The molecule has 11 heteroatoms. The van der Waals surface area contributed by atoms with Gasteiger partial charge in [-0.3, -0.25) is 14.4 Å². The topological polar surface area (TPSA) is 118 Å². The molecule has 1 heterocycles. The van der Waals surface area contributed by atoms with Crippen LogP contribution in [0.2, 0.25) is 0 Å². The molecule has 0 bridgehead atoms. The number of anilines is 2. The first-order chi connectivity index (χ1) is 22.8. The van der Waals surface area contributed by atoms with E-state index in [4.69, 9.17) is 14.2 Å². The van der Waals surface area contributed by atoms with Gasteiger partial charge in [-0.25, -0.2) is 4.79 Å². The number of piperazine rings is 1. The van der Waals surface area contributed by atoms with Crippen molar-refractivity contribution in [1.29, 1.82) is 0 Å². The number of amides is 3. The quantitative estimate of drug-likeness (QED) is 0.184. The first-order valence-corrected chi connectivity index (χ1v) is 16.0. The molecule has 3 aromatic carbocycles. The third-order valence-corrected chi connectivity index (χ3v) is 7.85. The number of nitrogens with one attached hydrogen (secondary N) is 1. The predicted molar refractivity (Wildman–Crippen MR) is 180 cm³/mol. The Morgan fingerprint density at radius 2 is 1.49 bits per heavy atom. The zero-order chi connectivity index (χ0) is 33.6. The van der Waals surface area contributed by atoms with Gasteiger partial charge in [-0.2, -0.15) is 0 Å². The molecule has 0 radical (unpaired) electrons. The predicted octanol–water partition coefficient (Wildman–Crippen LogP) is 4.87. The molecule has 0 aromatic heterocycles. The number of esters is 1. The molecule has 47 heavy (non-hydrogen) atoms. The molecule has 1 saturated heterocycles. The fourth-order valence-corrected chi connectivity index (χ4v) is 5.12. The number of likely N-dealkylation sites (N-methyl/N-ethyl adjacent to an activating group) is 1. The molecular formula is C36H44N4O7. The number of carbonyl (C=O) groups excluding carboxylic acids is 4. The van der Waals surface area contributed by atoms with Crippen LogP contribution in [0.3, 0.4) is 0 Å². The van der Waals surface area contributed by atoms with Gasteiger partial charge in [0.1, 0.15) is 11.5 Å². The summed E-state index contributed by atoms with van der Waals surface area (Å²) in [5, 5.41) is 2.81. The van der Waals surface area contributed by atoms with E-state index in [1.165, 1.54) is 4.90 Å². The molecule has 0 spiro atoms. The Morgan fingerprint density at radius 1 is 0.809 bits per heavy atom. The van der Waals surface area contributed by atoms with Gasteiger partial charge in [-0.05, 0) is 81.8 Å². The van der Waals surface area contributed by atoms with Crippen LogP contribution in [0.25, 0.3) is 0 Å². The second-order valence-electron chi connectivity index (χ2n) is 11.3. The lowest BCUT2D eigenvalue weighted by Crippen LogP contribution is -2.47. The van der Waals surface area contributed by atoms with Crippen LogP contribution in [-0.2, 0) is 14.3 Å². The van der Waals surface area contributed by atoms with E-state index in [0.717, 1.165) is 45.4 Å². The molecule has 4 rings (SSSR count). The average Bonchev–Trinajstić information content (AvgIpc) is 3.09. The van der Waals surface area contributed by atoms with Gasteiger partial charge in [0.15, 0.2) is 6.61 Å². The van der Waals surface area contributed by atoms with Crippen LogP contribution in [0.1, 0.15) is 53.3 Å². The summed E-state index contributed by atoms with van der Waals surface area (Å²) in [5.74, 6) is -0.105. The molecule has 1 aliphatic heterocycles. The van der Waals surface area contributed by atoms with E-state index in [1.54, 1.807) is 62.5 Å². The van der Waals surface area contributed by atoms with Crippen molar-refractivity contribution >= 4 is 35.1 Å². The lowest BCUT2D eigenvalue weighted by atomic mass is 10.1. The summed E-state index contributed by atoms with van der Waals surface area (Å²) in [5.41, 5.74) is 1.82. The van der Waals surface area contributed by atoms with Gasteiger partial charge >= 0.3 is 5.97 Å². The summed E-state index contributed by atoms with van der Waals surface area (Å²) in [4.78, 5) is 56.2. The monoisotopic (exact) mass is 644 g/mol. The molecule has 250 valence electrons. The van der Waals surface area contributed by atoms with Crippen molar-refractivity contribution in [1.82, 2.24) is 9.80 Å². The molecule has 1 fully saturated rings. The maximum atomic E-state index is 13.4. The molecule has 0 atom stereocenters. The number of ether oxygens (including phenoxy) is 3. The fourth-order valence-electron chi connectivity index (χ4n) is 5.12. The highest BCUT2D eigenvalue weighted by molar-refractivity contribution is 6.08. The minimum absolute atomic E-state index is 0.225. The van der Waals surface area contributed by atoms with Gasteiger partial charge in [0, 0.05) is 50.9 Å². The molecular weight excluding hydrogens is 600 g/mol. The molecule has 11 nitrogen and oxygen atoms in total. The van der Waals surface area contributed by atoms with Crippen molar-refractivity contribution < 1.29 is 33.4 Å². The Hall–Kier alpha value is -4.90. The van der Waals surface area contributed by atoms with Crippen LogP contribution < -0.4 is 19.7 Å². The first-order valence-electron chi connectivity index (χ1n) is 16.0. The van der Waals surface area contributed by atoms with E-state index in [1.807, 2.05) is 29.2 Å². The van der Waals surface area contributed by atoms with Gasteiger partial charge in [-0.1, -0.05) is 24.3 Å². The molecule has 1 aliphatic rings. The van der Waals surface area contributed by atoms with E-state index in [0.29, 0.717) is 35.7 Å². The third-order valence-electron chi connectivity index (χ3n) is 7.85. The van der Waals surface area contributed by atoms with Crippen molar-refractivity contribution in [3.63, 3.8) is 0 Å². The Bertz CT molecular complexity index is 1500. The minimum Gasteiger partial charge on any atom is -0.491 e. The number of nitrogens with zero attached hydrogens (tertiary/aromatic N) is 3. The zero-order valence-electron chi connectivity index (χ0n) is 27.4. The Kier molecular flexibility index (Phi) is 13.2. The Labute approximate surface area is 276 Å². The number of carbonyl (C=O) groups is 4. The second kappa shape index (κ2) is 17.7. The SMILES string of the molecule is CCOC(=O)COc1ccccc1C(=O)Nc1ccc(C(=O)N(C)c2ccccc2OCCCCCC(=O)N2CCN(C)CC2)cc1. The molecule has 0 saturated carbocycles. The Balaban J connectivity index is 1.26. The maximum absolute atomic E-state index is 13.4. The van der Waals surface area contributed by atoms with E-state index < -0.39 is 11.9 Å². The molecule has 3 amide bonds. The van der Waals surface area contributed by atoms with Crippen molar-refractivity contribution in [3.8, 4) is 11.5 Å². The summed E-state index contributed by atoms with van der Waals surface area (Å²) in [6, 6.07) is 20.6. The van der Waals surface area contributed by atoms with Crippen LogP contribution >= 0.6 is 0 Å². The number of para-hydroxylation sites is 3. The maximum Gasteiger partial charge on any atom is 0.344 e. The molecule has 1 N–H and O–H groups in total. The van der Waals surface area contributed by atoms with E-state index in [2.05, 4.69) is 17.3 Å². The van der Waals surface area contributed by atoms with Crippen molar-refractivity contribution in [2.75, 3.05) is 70.3 Å². The van der Waals surface area contributed by atoms with Crippen LogP contribution in [0.15, 0.2) is 72.8 Å². The van der Waals surface area contributed by atoms with Gasteiger partial charge in [0.2, 0.25) is 5.91 Å². The van der Waals surface area contributed by atoms with E-state index >= 15 is 0 Å². The summed E-state index contributed by atoms with van der Waals surface area (Å²) in [6.07, 6.45) is 3.06. The second-order valence-corrected chi connectivity index (χ2v) is 11.3. The van der Waals surface area contributed by atoms with Gasteiger partial charge in [-0.15, -0.1) is 0 Å². The van der Waals surface area contributed by atoms with Gasteiger partial charge < -0.3 is 34.2 Å². The number of hydrogen-bond acceptors (Lipinski definition) is 8. The average molecular weight is 645 g/mol. The largest absolute Gasteiger partial charge is 0.491 e. The number of benzene rings is 3. The molecule has 0 unspecified atom stereocenters. The summed E-state index contributed by atoms with van der Waals surface area (Å²) >= 11 is 0. The van der Waals surface area contributed by atoms with Crippen LogP contribution in [-0.4, -0.2) is 93.6 Å². The Morgan fingerprint density at radius 3 is 2.21 bits per heavy atom. The lowest BCUT2D eigenvalue weighted by molar-refractivity contribution is -0.145. The van der Waals surface area contributed by atoms with Crippen LogP contribution in [0, 0.1) is 0 Å². The first kappa shape index (κ1) is 35.0. The fraction of sp³-hybridized carbons (Fsp3) is 0.389. The van der Waals surface area contributed by atoms with E-state index in [9.17, 15) is 19.2 Å². The standard InChI is InChI=1S/C36H44N4O7/c1-4-45-34(42)26-47-31-14-9-7-12-29(31)35(43)37-28-19-17-27(18-20-28)36(44)39(3)30-13-8-10-15-32(30)46-25-11-5-6-16-33(41)40-23-21-38(2)22-24-40/h7-10,12-15,17-20H,4-6,11,16,21-26H2,1-3H3,(H,37,43). The van der Waals surface area contributed by atoms with Gasteiger partial charge in [0.05, 0.1) is 24.5 Å².